The summed E-state index contributed by atoms with van der Waals surface area (Å²) in [6.07, 6.45) is -0.962. The van der Waals surface area contributed by atoms with E-state index >= 15 is 0 Å². The summed E-state index contributed by atoms with van der Waals surface area (Å²) in [5.41, 5.74) is 2.79. The number of ether oxygens (including phenoxy) is 1. The van der Waals surface area contributed by atoms with E-state index in [1.165, 1.54) is 6.92 Å². The molecule has 2 aromatic rings. The summed E-state index contributed by atoms with van der Waals surface area (Å²) >= 11 is 1.14. The summed E-state index contributed by atoms with van der Waals surface area (Å²) < 4.78 is 5.35. The number of amides is 2. The Morgan fingerprint density at radius 1 is 1.00 bits per heavy atom. The van der Waals surface area contributed by atoms with Gasteiger partial charge in [-0.15, -0.1) is 11.3 Å². The second-order valence-corrected chi connectivity index (χ2v) is 9.23. The van der Waals surface area contributed by atoms with E-state index in [-0.39, 0.29) is 5.91 Å². The van der Waals surface area contributed by atoms with Crippen molar-refractivity contribution in [1.29, 1.82) is 0 Å². The molecule has 1 aromatic carbocycles. The highest BCUT2D eigenvalue weighted by Gasteiger charge is 2.25. The second kappa shape index (κ2) is 8.78. The molecule has 2 amide bonds. The number of esters is 1. The van der Waals surface area contributed by atoms with Gasteiger partial charge in [0, 0.05) is 11.1 Å². The molecule has 0 fully saturated rings. The van der Waals surface area contributed by atoms with E-state index in [1.807, 2.05) is 52.8 Å². The van der Waals surface area contributed by atoms with E-state index in [0.29, 0.717) is 21.1 Å². The number of thiophene rings is 1. The van der Waals surface area contributed by atoms with Gasteiger partial charge in [0.05, 0.1) is 5.00 Å². The van der Waals surface area contributed by atoms with Gasteiger partial charge in [0.2, 0.25) is 5.91 Å². The normalized spacial score (nSPS) is 12.2. The molecular formula is C22H28N2O4S. The molecule has 2 N–H and O–H groups in total. The van der Waals surface area contributed by atoms with Gasteiger partial charge < -0.3 is 15.4 Å². The standard InChI is InChI=1S/C22H28N2O4S/c1-12-8-9-13(2)16(10-12)23-19(25)15(4)28-20(26)18-14(3)11-17(29-18)24-21(27)22(5,6)7/h8-11,15H,1-7H3,(H,23,25)(H,24,27). The Morgan fingerprint density at radius 3 is 2.28 bits per heavy atom. The molecule has 0 bridgehead atoms. The number of hydrogen-bond donors (Lipinski definition) is 2. The largest absolute Gasteiger partial charge is 0.448 e. The molecule has 1 heterocycles. The van der Waals surface area contributed by atoms with Crippen molar-refractivity contribution in [2.75, 3.05) is 10.6 Å². The average Bonchev–Trinajstić information content (AvgIpc) is 2.97. The van der Waals surface area contributed by atoms with E-state index in [2.05, 4.69) is 10.6 Å². The minimum Gasteiger partial charge on any atom is -0.448 e. The van der Waals surface area contributed by atoms with Crippen LogP contribution in [-0.4, -0.2) is 23.9 Å². The van der Waals surface area contributed by atoms with E-state index < -0.39 is 23.4 Å². The third-order valence-corrected chi connectivity index (χ3v) is 5.46. The number of aryl methyl sites for hydroxylation is 3. The summed E-state index contributed by atoms with van der Waals surface area (Å²) in [7, 11) is 0. The van der Waals surface area contributed by atoms with Gasteiger partial charge in [0.25, 0.3) is 5.91 Å². The molecule has 29 heavy (non-hydrogen) atoms. The lowest BCUT2D eigenvalue weighted by Gasteiger charge is -2.16. The van der Waals surface area contributed by atoms with Crippen molar-refractivity contribution in [3.8, 4) is 0 Å². The second-order valence-electron chi connectivity index (χ2n) is 8.18. The molecule has 6 nitrogen and oxygen atoms in total. The van der Waals surface area contributed by atoms with Crippen molar-refractivity contribution in [2.45, 2.75) is 54.6 Å². The lowest BCUT2D eigenvalue weighted by atomic mass is 9.96. The average molecular weight is 417 g/mol. The SMILES string of the molecule is Cc1ccc(C)c(NC(=O)C(C)OC(=O)c2sc(NC(=O)C(C)(C)C)cc2C)c1. The van der Waals surface area contributed by atoms with Crippen LogP contribution in [0.4, 0.5) is 10.7 Å². The molecule has 0 saturated heterocycles. The van der Waals surface area contributed by atoms with Gasteiger partial charge in [-0.3, -0.25) is 9.59 Å². The van der Waals surface area contributed by atoms with Crippen molar-refractivity contribution >= 4 is 39.8 Å². The Kier molecular flexibility index (Phi) is 6.85. The molecule has 1 atom stereocenters. The molecule has 0 aliphatic carbocycles. The van der Waals surface area contributed by atoms with Crippen LogP contribution in [0.15, 0.2) is 24.3 Å². The smallest absolute Gasteiger partial charge is 0.349 e. The molecule has 156 valence electrons. The molecule has 0 aliphatic heterocycles. The predicted octanol–water partition coefficient (Wildman–Crippen LogP) is 4.84. The van der Waals surface area contributed by atoms with Gasteiger partial charge in [-0.05, 0) is 56.5 Å². The number of nitrogens with one attached hydrogen (secondary N) is 2. The summed E-state index contributed by atoms with van der Waals surface area (Å²) in [5, 5.41) is 6.18. The molecular weight excluding hydrogens is 388 g/mol. The fraction of sp³-hybridized carbons (Fsp3) is 0.409. The van der Waals surface area contributed by atoms with Crippen molar-refractivity contribution in [3.05, 3.63) is 45.8 Å². The fourth-order valence-electron chi connectivity index (χ4n) is 2.42. The third kappa shape index (κ3) is 5.90. The lowest BCUT2D eigenvalue weighted by Crippen LogP contribution is -2.30. The Labute approximate surface area is 175 Å². The first kappa shape index (κ1) is 22.6. The van der Waals surface area contributed by atoms with Crippen LogP contribution in [0.1, 0.15) is 54.1 Å². The van der Waals surface area contributed by atoms with Crippen LogP contribution >= 0.6 is 11.3 Å². The zero-order valence-corrected chi connectivity index (χ0v) is 18.7. The quantitative estimate of drug-likeness (QED) is 0.683. The van der Waals surface area contributed by atoms with Crippen LogP contribution in [0.5, 0.6) is 0 Å². The number of hydrogen-bond acceptors (Lipinski definition) is 5. The Morgan fingerprint density at radius 2 is 1.66 bits per heavy atom. The number of carbonyl (C=O) groups is 3. The van der Waals surface area contributed by atoms with Gasteiger partial charge in [-0.1, -0.05) is 32.9 Å². The predicted molar refractivity (Wildman–Crippen MR) is 117 cm³/mol. The van der Waals surface area contributed by atoms with E-state index in [1.54, 1.807) is 13.0 Å². The fourth-order valence-corrected chi connectivity index (χ4v) is 3.37. The van der Waals surface area contributed by atoms with Gasteiger partial charge in [0.15, 0.2) is 6.10 Å². The zero-order valence-electron chi connectivity index (χ0n) is 17.9. The zero-order chi connectivity index (χ0) is 21.9. The van der Waals surface area contributed by atoms with Crippen LogP contribution in [0, 0.1) is 26.2 Å². The van der Waals surface area contributed by atoms with E-state index in [4.69, 9.17) is 4.74 Å². The molecule has 7 heteroatoms. The molecule has 1 aromatic heterocycles. The van der Waals surface area contributed by atoms with Gasteiger partial charge in [-0.2, -0.15) is 0 Å². The van der Waals surface area contributed by atoms with E-state index in [9.17, 15) is 14.4 Å². The molecule has 1 unspecified atom stereocenters. The monoisotopic (exact) mass is 416 g/mol. The maximum Gasteiger partial charge on any atom is 0.349 e. The Balaban J connectivity index is 2.04. The molecule has 2 rings (SSSR count). The van der Waals surface area contributed by atoms with Gasteiger partial charge in [-0.25, -0.2) is 4.79 Å². The first-order chi connectivity index (χ1) is 13.4. The summed E-state index contributed by atoms with van der Waals surface area (Å²) in [4.78, 5) is 37.5. The molecule has 0 radical (unpaired) electrons. The van der Waals surface area contributed by atoms with Gasteiger partial charge in [0.1, 0.15) is 4.88 Å². The minimum atomic E-state index is -0.962. The van der Waals surface area contributed by atoms with Crippen molar-refractivity contribution in [2.24, 2.45) is 5.41 Å². The minimum absolute atomic E-state index is 0.139. The number of benzene rings is 1. The highest BCUT2D eigenvalue weighted by atomic mass is 32.1. The number of anilines is 2. The number of rotatable bonds is 5. The number of carbonyl (C=O) groups excluding carboxylic acids is 3. The maximum absolute atomic E-state index is 12.5. The first-order valence-electron chi connectivity index (χ1n) is 9.39. The lowest BCUT2D eigenvalue weighted by molar-refractivity contribution is -0.124. The Bertz CT molecular complexity index is 941. The van der Waals surface area contributed by atoms with Crippen LogP contribution in [0.3, 0.4) is 0 Å². The van der Waals surface area contributed by atoms with Gasteiger partial charge >= 0.3 is 5.97 Å². The highest BCUT2D eigenvalue weighted by Crippen LogP contribution is 2.29. The van der Waals surface area contributed by atoms with Crippen molar-refractivity contribution in [3.63, 3.8) is 0 Å². The highest BCUT2D eigenvalue weighted by molar-refractivity contribution is 7.18. The van der Waals surface area contributed by atoms with Crippen LogP contribution in [0.25, 0.3) is 0 Å². The summed E-state index contributed by atoms with van der Waals surface area (Å²) in [6.45, 7) is 12.6. The molecule has 0 spiro atoms. The van der Waals surface area contributed by atoms with Crippen LogP contribution < -0.4 is 10.6 Å². The first-order valence-corrected chi connectivity index (χ1v) is 10.2. The maximum atomic E-state index is 12.5. The van der Waals surface area contributed by atoms with Crippen molar-refractivity contribution in [1.82, 2.24) is 0 Å². The molecule has 0 aliphatic rings. The Hall–Kier alpha value is -2.67. The van der Waals surface area contributed by atoms with Crippen LogP contribution in [-0.2, 0) is 14.3 Å². The third-order valence-electron chi connectivity index (χ3n) is 4.33. The molecule has 0 saturated carbocycles. The van der Waals surface area contributed by atoms with Crippen LogP contribution in [0.2, 0.25) is 0 Å². The summed E-state index contributed by atoms with van der Waals surface area (Å²) in [5.74, 6) is -1.13. The van der Waals surface area contributed by atoms with Crippen molar-refractivity contribution < 1.29 is 19.1 Å². The summed E-state index contributed by atoms with van der Waals surface area (Å²) in [6, 6.07) is 7.48. The topological polar surface area (TPSA) is 84.5 Å². The van der Waals surface area contributed by atoms with E-state index in [0.717, 1.165) is 22.5 Å².